The largest absolute Gasteiger partial charge is 0.467 e. The number of methoxy groups -OCH3 is 1. The highest BCUT2D eigenvalue weighted by molar-refractivity contribution is 6.02. The number of carbonyl (C=O) groups excluding carboxylic acids is 1. The first-order valence-corrected chi connectivity index (χ1v) is 13.0. The molecule has 2 aromatic carbocycles. The molecule has 1 saturated heterocycles. The van der Waals surface area contributed by atoms with Crippen LogP contribution in [0.15, 0.2) is 67.0 Å². The lowest BCUT2D eigenvalue weighted by molar-refractivity contribution is -0.128. The van der Waals surface area contributed by atoms with Crippen LogP contribution in [0, 0.1) is 18.2 Å². The minimum Gasteiger partial charge on any atom is -0.467 e. The monoisotopic (exact) mass is 563 g/mol. The van der Waals surface area contributed by atoms with Crippen LogP contribution in [0.5, 0.6) is 6.01 Å². The summed E-state index contributed by atoms with van der Waals surface area (Å²) in [6.07, 6.45) is 12.6. The first kappa shape index (κ1) is 26.7. The highest BCUT2D eigenvalue weighted by Gasteiger charge is 2.27. The van der Waals surface area contributed by atoms with E-state index in [1.54, 1.807) is 12.1 Å². The molecule has 0 N–H and O–H groups in total. The molecule has 1 aliphatic rings. The zero-order chi connectivity index (χ0) is 29.2. The smallest absolute Gasteiger partial charge is 0.318 e. The summed E-state index contributed by atoms with van der Waals surface area (Å²) in [4.78, 5) is 37.1. The number of amides is 1. The molecular weight excluding hydrogens is 540 g/mol. The van der Waals surface area contributed by atoms with E-state index in [2.05, 4.69) is 30.8 Å². The number of hydrogen-bond donors (Lipinski definition) is 0. The lowest BCUT2D eigenvalue weighted by Crippen LogP contribution is -2.49. The van der Waals surface area contributed by atoms with Gasteiger partial charge in [-0.05, 0) is 11.5 Å². The highest BCUT2D eigenvalue weighted by Crippen LogP contribution is 2.36. The maximum Gasteiger partial charge on any atom is 0.318 e. The van der Waals surface area contributed by atoms with Crippen molar-refractivity contribution in [2.45, 2.75) is 0 Å². The number of aromatic nitrogens is 5. The van der Waals surface area contributed by atoms with Gasteiger partial charge in [-0.2, -0.15) is 9.97 Å². The first-order chi connectivity index (χ1) is 20.5. The van der Waals surface area contributed by atoms with Crippen molar-refractivity contribution in [1.29, 1.82) is 0 Å². The molecule has 5 aromatic rings. The van der Waals surface area contributed by atoms with Gasteiger partial charge in [0, 0.05) is 67.4 Å². The van der Waals surface area contributed by atoms with E-state index in [0.29, 0.717) is 35.4 Å². The summed E-state index contributed by atoms with van der Waals surface area (Å²) in [7, 11) is 1.40. The Morgan fingerprint density at radius 1 is 1.05 bits per heavy atom. The number of terminal acetylenes is 1. The Balaban J connectivity index is 1.33. The minimum atomic E-state index is -0.932. The molecular formula is C31H23F2N7O2. The van der Waals surface area contributed by atoms with Gasteiger partial charge < -0.3 is 14.5 Å². The topological polar surface area (TPSA) is 97.2 Å². The van der Waals surface area contributed by atoms with Gasteiger partial charge in [-0.3, -0.25) is 19.7 Å². The average molecular weight is 564 g/mol. The number of ether oxygens (including phenoxy) is 1. The molecule has 208 valence electrons. The second-order valence-electron chi connectivity index (χ2n) is 9.47. The van der Waals surface area contributed by atoms with Crippen molar-refractivity contribution in [3.05, 3.63) is 84.1 Å². The Morgan fingerprint density at radius 2 is 1.83 bits per heavy atom. The van der Waals surface area contributed by atoms with Crippen molar-refractivity contribution in [2.75, 3.05) is 38.2 Å². The van der Waals surface area contributed by atoms with E-state index in [4.69, 9.17) is 11.2 Å². The Bertz CT molecular complexity index is 1890. The van der Waals surface area contributed by atoms with Gasteiger partial charge in [0.05, 0.1) is 24.4 Å². The van der Waals surface area contributed by atoms with Gasteiger partial charge in [-0.1, -0.05) is 36.3 Å². The van der Waals surface area contributed by atoms with Crippen LogP contribution in [0.3, 0.4) is 0 Å². The summed E-state index contributed by atoms with van der Waals surface area (Å²) in [6, 6.07) is 11.0. The maximum atomic E-state index is 16.2. The predicted molar refractivity (Wildman–Crippen MR) is 155 cm³/mol. The summed E-state index contributed by atoms with van der Waals surface area (Å²) in [5.74, 6) is 0.759. The van der Waals surface area contributed by atoms with E-state index in [9.17, 15) is 9.18 Å². The molecule has 0 bridgehead atoms. The number of anilines is 1. The van der Waals surface area contributed by atoms with Crippen LogP contribution in [-0.2, 0) is 4.79 Å². The number of piperazine rings is 1. The molecule has 0 aliphatic carbocycles. The number of rotatable bonds is 5. The fourth-order valence-electron chi connectivity index (χ4n) is 5.05. The molecule has 0 unspecified atom stereocenters. The lowest BCUT2D eigenvalue weighted by atomic mass is 9.97. The van der Waals surface area contributed by atoms with Gasteiger partial charge in [0.2, 0.25) is 0 Å². The number of halogens is 2. The Labute approximate surface area is 239 Å². The van der Waals surface area contributed by atoms with Crippen LogP contribution < -0.4 is 9.64 Å². The number of carbonyl (C=O) groups is 1. The minimum absolute atomic E-state index is 0.0211. The van der Waals surface area contributed by atoms with Crippen LogP contribution in [0.1, 0.15) is 11.3 Å². The van der Waals surface area contributed by atoms with Crippen LogP contribution in [0.4, 0.5) is 14.6 Å². The van der Waals surface area contributed by atoms with Crippen molar-refractivity contribution in [3.63, 3.8) is 0 Å². The zero-order valence-electron chi connectivity index (χ0n) is 22.5. The number of fused-ring (bicyclic) bond motifs is 2. The standard InChI is InChI=1S/C31H23F2N7O2/c1-3-19-6-4-7-20-8-5-9-22(25(19)20)27-26(33)28-23(18-36-27)29(38-31(37-28)42-2)39-12-14-40(15-13-39)30(41)24(32)16-21-17-34-10-11-35-21/h1,4-11,16-18H,12-15H2,2H3/b24-16-. The van der Waals surface area contributed by atoms with Crippen molar-refractivity contribution < 1.29 is 18.3 Å². The van der Waals surface area contributed by atoms with Gasteiger partial charge >= 0.3 is 6.01 Å². The van der Waals surface area contributed by atoms with Crippen molar-refractivity contribution >= 4 is 39.5 Å². The van der Waals surface area contributed by atoms with Gasteiger partial charge in [0.1, 0.15) is 17.0 Å². The molecule has 4 heterocycles. The van der Waals surface area contributed by atoms with E-state index in [-0.39, 0.29) is 36.0 Å². The number of benzene rings is 2. The van der Waals surface area contributed by atoms with Crippen LogP contribution in [-0.4, -0.2) is 69.0 Å². The highest BCUT2D eigenvalue weighted by atomic mass is 19.1. The first-order valence-electron chi connectivity index (χ1n) is 13.0. The predicted octanol–water partition coefficient (Wildman–Crippen LogP) is 4.42. The average Bonchev–Trinajstić information content (AvgIpc) is 3.04. The Morgan fingerprint density at radius 3 is 2.55 bits per heavy atom. The van der Waals surface area contributed by atoms with Gasteiger partial charge in [0.25, 0.3) is 5.91 Å². The molecule has 11 heteroatoms. The summed E-state index contributed by atoms with van der Waals surface area (Å²) >= 11 is 0. The number of pyridine rings is 1. The normalized spacial score (nSPS) is 13.8. The molecule has 1 aliphatic heterocycles. The van der Waals surface area contributed by atoms with Gasteiger partial charge in [0.15, 0.2) is 11.6 Å². The quantitative estimate of drug-likeness (QED) is 0.229. The van der Waals surface area contributed by atoms with Crippen LogP contribution >= 0.6 is 0 Å². The summed E-state index contributed by atoms with van der Waals surface area (Å²) < 4.78 is 36.2. The van der Waals surface area contributed by atoms with Crippen LogP contribution in [0.2, 0.25) is 0 Å². The Hall–Kier alpha value is -5.50. The fourth-order valence-corrected chi connectivity index (χ4v) is 5.05. The van der Waals surface area contributed by atoms with E-state index < -0.39 is 17.6 Å². The summed E-state index contributed by atoms with van der Waals surface area (Å²) in [6.45, 7) is 1.07. The van der Waals surface area contributed by atoms with E-state index in [0.717, 1.165) is 16.8 Å². The van der Waals surface area contributed by atoms with Crippen LogP contribution in [0.25, 0.3) is 39.0 Å². The summed E-state index contributed by atoms with van der Waals surface area (Å²) in [5.41, 5.74) is 1.55. The van der Waals surface area contributed by atoms with E-state index >= 15 is 4.39 Å². The summed E-state index contributed by atoms with van der Waals surface area (Å²) in [5, 5.41) is 1.96. The maximum absolute atomic E-state index is 16.2. The van der Waals surface area contributed by atoms with Crippen molar-refractivity contribution in [3.8, 4) is 29.6 Å². The second kappa shape index (κ2) is 11.2. The number of hydrogen-bond acceptors (Lipinski definition) is 8. The third kappa shape index (κ3) is 4.83. The second-order valence-corrected chi connectivity index (χ2v) is 9.47. The molecule has 3 aromatic heterocycles. The molecule has 1 fully saturated rings. The molecule has 1 amide bonds. The third-order valence-electron chi connectivity index (χ3n) is 7.07. The Kier molecular flexibility index (Phi) is 7.10. The van der Waals surface area contributed by atoms with Crippen molar-refractivity contribution in [2.24, 2.45) is 0 Å². The van der Waals surface area contributed by atoms with Crippen molar-refractivity contribution in [1.82, 2.24) is 29.8 Å². The SMILES string of the molecule is C#Cc1cccc2cccc(-c3ncc4c(N5CCN(C(=O)/C(F)=C/c6cnccn6)CC5)nc(OC)nc4c3F)c12. The third-order valence-corrected chi connectivity index (χ3v) is 7.07. The molecule has 6 rings (SSSR count). The van der Waals surface area contributed by atoms with Gasteiger partial charge in [-0.15, -0.1) is 6.42 Å². The zero-order valence-corrected chi connectivity index (χ0v) is 22.5. The molecule has 9 nitrogen and oxygen atoms in total. The van der Waals surface area contributed by atoms with E-state index in [1.807, 2.05) is 29.2 Å². The van der Waals surface area contributed by atoms with E-state index in [1.165, 1.54) is 36.8 Å². The molecule has 0 saturated carbocycles. The molecule has 0 atom stereocenters. The number of nitrogens with zero attached hydrogens (tertiary/aromatic N) is 7. The molecule has 42 heavy (non-hydrogen) atoms. The van der Waals surface area contributed by atoms with Gasteiger partial charge in [-0.25, -0.2) is 8.78 Å². The fraction of sp³-hybridized carbons (Fsp3) is 0.161. The molecule has 0 spiro atoms. The lowest BCUT2D eigenvalue weighted by Gasteiger charge is -2.35. The molecule has 0 radical (unpaired) electrons.